The number of aromatic nitrogens is 1. The Hall–Kier alpha value is -3.78. The molecule has 7 nitrogen and oxygen atoms in total. The second-order valence-corrected chi connectivity index (χ2v) is 8.73. The highest BCUT2D eigenvalue weighted by molar-refractivity contribution is 9.10. The van der Waals surface area contributed by atoms with Gasteiger partial charge in [-0.15, -0.1) is 0 Å². The number of nitrogens with zero attached hydrogens (tertiary/aromatic N) is 2. The summed E-state index contributed by atoms with van der Waals surface area (Å²) in [5.41, 5.74) is 6.64. The summed E-state index contributed by atoms with van der Waals surface area (Å²) in [7, 11) is 0. The monoisotopic (exact) mass is 535 g/mol. The van der Waals surface area contributed by atoms with E-state index in [4.69, 9.17) is 13.9 Å². The third kappa shape index (κ3) is 6.02. The highest BCUT2D eigenvalue weighted by Gasteiger charge is 2.11. The number of hydrogen-bond donors (Lipinski definition) is 1. The van der Waals surface area contributed by atoms with Crippen LogP contribution in [-0.4, -0.2) is 23.3 Å². The van der Waals surface area contributed by atoms with Crippen molar-refractivity contribution in [2.24, 2.45) is 5.10 Å². The summed E-state index contributed by atoms with van der Waals surface area (Å²) in [6, 6.07) is 20.9. The standard InChI is InChI=1S/C27H26BrN3O4/c1-4-33-25-13-7-21(28)15-20(25)16-29-30-27(32)26-14-12-24(35-26)17-34-23-10-8-22(9-11-23)31-18(2)5-6-19(31)3/h5-16H,4,17H2,1-3H3,(H,30,32)/b29-16+. The third-order valence-electron chi connectivity index (χ3n) is 5.27. The molecule has 0 spiro atoms. The Bertz CT molecular complexity index is 1320. The lowest BCUT2D eigenvalue weighted by Crippen LogP contribution is -2.16. The Kier molecular flexibility index (Phi) is 7.72. The zero-order chi connectivity index (χ0) is 24.8. The number of carbonyl (C=O) groups excluding carboxylic acids is 1. The number of carbonyl (C=O) groups is 1. The molecule has 0 saturated heterocycles. The lowest BCUT2D eigenvalue weighted by atomic mass is 10.2. The lowest BCUT2D eigenvalue weighted by Gasteiger charge is -2.10. The van der Waals surface area contributed by atoms with Crippen molar-refractivity contribution in [3.05, 3.63) is 99.7 Å². The number of furan rings is 1. The van der Waals surface area contributed by atoms with E-state index in [1.807, 2.05) is 49.4 Å². The van der Waals surface area contributed by atoms with Gasteiger partial charge in [0.05, 0.1) is 12.8 Å². The normalized spacial score (nSPS) is 11.1. The van der Waals surface area contributed by atoms with E-state index in [0.717, 1.165) is 15.7 Å². The number of rotatable bonds is 9. The van der Waals surface area contributed by atoms with E-state index >= 15 is 0 Å². The SMILES string of the molecule is CCOc1ccc(Br)cc1/C=N/NC(=O)c1ccc(COc2ccc(-n3c(C)ccc3C)cc2)o1. The van der Waals surface area contributed by atoms with Crippen LogP contribution in [0.5, 0.6) is 11.5 Å². The van der Waals surface area contributed by atoms with Crippen molar-refractivity contribution >= 4 is 28.1 Å². The van der Waals surface area contributed by atoms with Crippen LogP contribution in [0.4, 0.5) is 0 Å². The average molecular weight is 536 g/mol. The molecule has 0 fully saturated rings. The molecular formula is C27H26BrN3O4. The molecule has 0 aliphatic rings. The van der Waals surface area contributed by atoms with E-state index in [2.05, 4.69) is 57.0 Å². The van der Waals surface area contributed by atoms with E-state index in [-0.39, 0.29) is 12.4 Å². The summed E-state index contributed by atoms with van der Waals surface area (Å²) >= 11 is 3.42. The molecular weight excluding hydrogens is 510 g/mol. The topological polar surface area (TPSA) is 78.0 Å². The smallest absolute Gasteiger partial charge is 0.307 e. The van der Waals surface area contributed by atoms with Gasteiger partial charge in [-0.1, -0.05) is 15.9 Å². The van der Waals surface area contributed by atoms with E-state index in [1.165, 1.54) is 17.6 Å². The Balaban J connectivity index is 1.33. The van der Waals surface area contributed by atoms with Crippen LogP contribution in [0, 0.1) is 13.8 Å². The van der Waals surface area contributed by atoms with Gasteiger partial charge in [-0.05, 0) is 87.5 Å². The van der Waals surface area contributed by atoms with E-state index in [0.29, 0.717) is 23.9 Å². The molecule has 180 valence electrons. The number of ether oxygens (including phenoxy) is 2. The molecule has 2 aromatic heterocycles. The minimum atomic E-state index is -0.456. The molecule has 2 aromatic carbocycles. The first-order valence-corrected chi connectivity index (χ1v) is 12.0. The number of amides is 1. The molecule has 1 amide bonds. The quantitative estimate of drug-likeness (QED) is 0.204. The molecule has 8 heteroatoms. The van der Waals surface area contributed by atoms with Gasteiger partial charge in [0.2, 0.25) is 0 Å². The summed E-state index contributed by atoms with van der Waals surface area (Å²) in [6.07, 6.45) is 1.53. The van der Waals surface area contributed by atoms with Crippen LogP contribution in [0.3, 0.4) is 0 Å². The number of hydrazone groups is 1. The minimum Gasteiger partial charge on any atom is -0.493 e. The predicted octanol–water partition coefficient (Wildman–Crippen LogP) is 6.19. The van der Waals surface area contributed by atoms with E-state index in [9.17, 15) is 4.79 Å². The van der Waals surface area contributed by atoms with Crippen molar-refractivity contribution < 1.29 is 18.7 Å². The van der Waals surface area contributed by atoms with Crippen LogP contribution in [0.1, 0.15) is 40.2 Å². The second-order valence-electron chi connectivity index (χ2n) is 7.81. The van der Waals surface area contributed by atoms with Gasteiger partial charge >= 0.3 is 5.91 Å². The molecule has 0 unspecified atom stereocenters. The van der Waals surface area contributed by atoms with Crippen LogP contribution in [0.15, 0.2) is 80.7 Å². The van der Waals surface area contributed by atoms with Crippen LogP contribution in [0.2, 0.25) is 0 Å². The first-order valence-electron chi connectivity index (χ1n) is 11.2. The number of hydrogen-bond acceptors (Lipinski definition) is 5. The number of halogens is 1. The fourth-order valence-electron chi connectivity index (χ4n) is 3.62. The molecule has 0 saturated carbocycles. The Morgan fingerprint density at radius 3 is 2.49 bits per heavy atom. The predicted molar refractivity (Wildman–Crippen MR) is 139 cm³/mol. The summed E-state index contributed by atoms with van der Waals surface area (Å²) in [6.45, 7) is 6.79. The molecule has 1 N–H and O–H groups in total. The summed E-state index contributed by atoms with van der Waals surface area (Å²) in [5.74, 6) is 1.61. The second kappa shape index (κ2) is 11.1. The first kappa shape index (κ1) is 24.3. The molecule has 4 rings (SSSR count). The average Bonchev–Trinajstić information content (AvgIpc) is 3.46. The van der Waals surface area contributed by atoms with Gasteiger partial charge in [-0.25, -0.2) is 5.43 Å². The molecule has 0 radical (unpaired) electrons. The minimum absolute atomic E-state index is 0.147. The van der Waals surface area contributed by atoms with Gasteiger partial charge in [0, 0.05) is 27.1 Å². The Labute approximate surface area is 212 Å². The lowest BCUT2D eigenvalue weighted by molar-refractivity contribution is 0.0923. The largest absolute Gasteiger partial charge is 0.493 e. The van der Waals surface area contributed by atoms with Gasteiger partial charge in [0.15, 0.2) is 5.76 Å². The van der Waals surface area contributed by atoms with Gasteiger partial charge in [0.1, 0.15) is 23.9 Å². The van der Waals surface area contributed by atoms with Crippen molar-refractivity contribution in [3.63, 3.8) is 0 Å². The van der Waals surface area contributed by atoms with Gasteiger partial charge < -0.3 is 18.5 Å². The summed E-state index contributed by atoms with van der Waals surface area (Å²) in [4.78, 5) is 12.4. The van der Waals surface area contributed by atoms with Crippen molar-refractivity contribution in [3.8, 4) is 17.2 Å². The molecule has 0 atom stereocenters. The third-order valence-corrected chi connectivity index (χ3v) is 5.77. The van der Waals surface area contributed by atoms with E-state index < -0.39 is 5.91 Å². The zero-order valence-electron chi connectivity index (χ0n) is 19.7. The van der Waals surface area contributed by atoms with Crippen molar-refractivity contribution in [1.82, 2.24) is 9.99 Å². The summed E-state index contributed by atoms with van der Waals surface area (Å²) < 4.78 is 20.1. The maximum Gasteiger partial charge on any atom is 0.307 e. The Morgan fingerprint density at radius 2 is 1.77 bits per heavy atom. The molecule has 0 aliphatic heterocycles. The fourth-order valence-corrected chi connectivity index (χ4v) is 4.00. The highest BCUT2D eigenvalue weighted by Crippen LogP contribution is 2.22. The van der Waals surface area contributed by atoms with E-state index in [1.54, 1.807) is 12.1 Å². The zero-order valence-corrected chi connectivity index (χ0v) is 21.3. The van der Waals surface area contributed by atoms with Crippen LogP contribution >= 0.6 is 15.9 Å². The molecule has 35 heavy (non-hydrogen) atoms. The van der Waals surface area contributed by atoms with Crippen LogP contribution < -0.4 is 14.9 Å². The summed E-state index contributed by atoms with van der Waals surface area (Å²) in [5, 5.41) is 4.03. The van der Waals surface area contributed by atoms with Crippen molar-refractivity contribution in [1.29, 1.82) is 0 Å². The number of aryl methyl sites for hydroxylation is 2. The highest BCUT2D eigenvalue weighted by atomic mass is 79.9. The van der Waals surface area contributed by atoms with Gasteiger partial charge in [0.25, 0.3) is 0 Å². The number of nitrogens with one attached hydrogen (secondary N) is 1. The van der Waals surface area contributed by atoms with Crippen molar-refractivity contribution in [2.45, 2.75) is 27.4 Å². The van der Waals surface area contributed by atoms with Crippen molar-refractivity contribution in [2.75, 3.05) is 6.61 Å². The Morgan fingerprint density at radius 1 is 1.03 bits per heavy atom. The molecule has 0 bridgehead atoms. The van der Waals surface area contributed by atoms with Crippen LogP contribution in [-0.2, 0) is 6.61 Å². The van der Waals surface area contributed by atoms with Gasteiger partial charge in [-0.3, -0.25) is 4.79 Å². The molecule has 2 heterocycles. The van der Waals surface area contributed by atoms with Crippen LogP contribution in [0.25, 0.3) is 5.69 Å². The maximum absolute atomic E-state index is 12.4. The molecule has 0 aliphatic carbocycles. The van der Waals surface area contributed by atoms with Gasteiger partial charge in [-0.2, -0.15) is 5.10 Å². The number of benzene rings is 2. The fraction of sp³-hybridized carbons (Fsp3) is 0.185. The first-order chi connectivity index (χ1) is 16.9. The maximum atomic E-state index is 12.4. The molecule has 4 aromatic rings.